The molecule has 4 rings (SSSR count). The van der Waals surface area contributed by atoms with Crippen molar-refractivity contribution in [3.63, 3.8) is 0 Å². The Morgan fingerprint density at radius 2 is 1.61 bits per heavy atom. The second-order valence-corrected chi connectivity index (χ2v) is 10.9. The summed E-state index contributed by atoms with van der Waals surface area (Å²) in [6.45, 7) is 10.4. The molecular weight excluding hydrogens is 471 g/mol. The van der Waals surface area contributed by atoms with Crippen molar-refractivity contribution in [2.75, 3.05) is 0 Å². The molecule has 36 heavy (non-hydrogen) atoms. The van der Waals surface area contributed by atoms with E-state index in [1.807, 2.05) is 66.9 Å². The minimum atomic E-state index is -0.381. The number of thioether (sulfide) groups is 1. The first-order chi connectivity index (χ1) is 17.1. The van der Waals surface area contributed by atoms with E-state index in [4.69, 9.17) is 0 Å². The molecule has 0 aliphatic rings. The van der Waals surface area contributed by atoms with Gasteiger partial charge in [0.05, 0.1) is 6.04 Å². The lowest BCUT2D eigenvalue weighted by atomic mass is 9.86. The monoisotopic (exact) mass is 502 g/mol. The molecule has 1 aromatic heterocycles. The van der Waals surface area contributed by atoms with Crippen molar-refractivity contribution < 1.29 is 9.18 Å². The van der Waals surface area contributed by atoms with Crippen molar-refractivity contribution in [1.29, 1.82) is 0 Å². The Bertz CT molecular complexity index is 1320. The lowest BCUT2D eigenvalue weighted by molar-refractivity contribution is 0.0938. The Kier molecular flexibility index (Phi) is 7.59. The van der Waals surface area contributed by atoms with E-state index in [2.05, 4.69) is 36.3 Å². The average molecular weight is 503 g/mol. The zero-order chi connectivity index (χ0) is 25.9. The van der Waals surface area contributed by atoms with Gasteiger partial charge in [-0.2, -0.15) is 0 Å². The summed E-state index contributed by atoms with van der Waals surface area (Å²) in [7, 11) is 0. The van der Waals surface area contributed by atoms with Gasteiger partial charge in [0, 0.05) is 17.0 Å². The van der Waals surface area contributed by atoms with E-state index in [-0.39, 0.29) is 23.2 Å². The van der Waals surface area contributed by atoms with Crippen molar-refractivity contribution in [2.24, 2.45) is 0 Å². The molecule has 4 aromatic rings. The van der Waals surface area contributed by atoms with Crippen LogP contribution in [0, 0.1) is 12.7 Å². The van der Waals surface area contributed by atoms with Crippen LogP contribution in [-0.4, -0.2) is 20.7 Å². The van der Waals surface area contributed by atoms with Gasteiger partial charge in [-0.05, 0) is 66.8 Å². The first-order valence-corrected chi connectivity index (χ1v) is 12.9. The third-order valence-electron chi connectivity index (χ3n) is 5.98. The van der Waals surface area contributed by atoms with Gasteiger partial charge in [-0.15, -0.1) is 10.2 Å². The number of nitrogens with one attached hydrogen (secondary N) is 1. The minimum Gasteiger partial charge on any atom is -0.342 e. The molecular formula is C29H31FN4OS. The minimum absolute atomic E-state index is 0.0226. The topological polar surface area (TPSA) is 59.8 Å². The highest BCUT2D eigenvalue weighted by Gasteiger charge is 2.22. The van der Waals surface area contributed by atoms with Crippen LogP contribution >= 0.6 is 11.8 Å². The predicted octanol–water partition coefficient (Wildman–Crippen LogP) is 6.80. The summed E-state index contributed by atoms with van der Waals surface area (Å²) >= 11 is 1.52. The number of aromatic nitrogens is 3. The quantitative estimate of drug-likeness (QED) is 0.283. The van der Waals surface area contributed by atoms with Crippen molar-refractivity contribution in [3.8, 4) is 5.69 Å². The molecule has 1 unspecified atom stereocenters. The van der Waals surface area contributed by atoms with Gasteiger partial charge in [-0.3, -0.25) is 9.36 Å². The van der Waals surface area contributed by atoms with Gasteiger partial charge in [-0.25, -0.2) is 4.39 Å². The third-order valence-corrected chi connectivity index (χ3v) is 6.98. The van der Waals surface area contributed by atoms with Gasteiger partial charge in [0.15, 0.2) is 11.0 Å². The van der Waals surface area contributed by atoms with Crippen LogP contribution in [0.2, 0.25) is 0 Å². The summed E-state index contributed by atoms with van der Waals surface area (Å²) in [6, 6.07) is 21.9. The number of hydrogen-bond donors (Lipinski definition) is 1. The number of halogens is 1. The van der Waals surface area contributed by atoms with Crippen molar-refractivity contribution in [3.05, 3.63) is 107 Å². The van der Waals surface area contributed by atoms with Crippen LogP contribution in [0.25, 0.3) is 5.69 Å². The Balaban J connectivity index is 1.58. The number of rotatable bonds is 7. The van der Waals surface area contributed by atoms with Crippen LogP contribution in [0.4, 0.5) is 4.39 Å². The Morgan fingerprint density at radius 1 is 0.972 bits per heavy atom. The van der Waals surface area contributed by atoms with Gasteiger partial charge >= 0.3 is 0 Å². The fraction of sp³-hybridized carbons (Fsp3) is 0.276. The molecule has 0 saturated carbocycles. The van der Waals surface area contributed by atoms with Crippen LogP contribution < -0.4 is 5.32 Å². The zero-order valence-corrected chi connectivity index (χ0v) is 22.1. The normalized spacial score (nSPS) is 12.4. The van der Waals surface area contributed by atoms with Crippen molar-refractivity contribution >= 4 is 17.7 Å². The largest absolute Gasteiger partial charge is 0.342 e. The lowest BCUT2D eigenvalue weighted by Crippen LogP contribution is -2.28. The maximum Gasteiger partial charge on any atom is 0.251 e. The van der Waals surface area contributed by atoms with Crippen LogP contribution in [0.5, 0.6) is 0 Å². The maximum atomic E-state index is 13.3. The molecule has 0 aliphatic carbocycles. The number of benzene rings is 3. The highest BCUT2D eigenvalue weighted by atomic mass is 32.2. The number of carbonyl (C=O) groups is 1. The molecule has 1 atom stereocenters. The van der Waals surface area contributed by atoms with Crippen LogP contribution in [0.15, 0.2) is 78.0 Å². The van der Waals surface area contributed by atoms with Crippen molar-refractivity contribution in [2.45, 2.75) is 57.0 Å². The molecule has 1 heterocycles. The Morgan fingerprint density at radius 3 is 2.22 bits per heavy atom. The summed E-state index contributed by atoms with van der Waals surface area (Å²) in [5.41, 5.74) is 4.85. The highest BCUT2D eigenvalue weighted by Crippen LogP contribution is 2.28. The maximum absolute atomic E-state index is 13.3. The molecule has 0 spiro atoms. The summed E-state index contributed by atoms with van der Waals surface area (Å²) in [5, 5.41) is 12.7. The highest BCUT2D eigenvalue weighted by molar-refractivity contribution is 7.98. The first-order valence-electron chi connectivity index (χ1n) is 11.9. The second kappa shape index (κ2) is 10.7. The van der Waals surface area contributed by atoms with Gasteiger partial charge in [0.1, 0.15) is 5.82 Å². The molecule has 0 bridgehead atoms. The fourth-order valence-electron chi connectivity index (χ4n) is 3.79. The molecule has 3 aromatic carbocycles. The first kappa shape index (κ1) is 25.6. The molecule has 1 amide bonds. The third kappa shape index (κ3) is 6.02. The fourth-order valence-corrected chi connectivity index (χ4v) is 4.70. The lowest BCUT2D eigenvalue weighted by Gasteiger charge is -2.19. The standard InChI is InChI=1S/C29H31FN4OS/c1-19-6-16-25(17-7-19)34-26(32-33-28(34)36-18-21-8-14-24(30)15-9-21)20(2)31-27(35)22-10-12-23(13-11-22)29(3,4)5/h6-17,20H,18H2,1-5H3,(H,31,35). The number of aryl methyl sites for hydroxylation is 1. The molecule has 0 saturated heterocycles. The Labute approximate surface area is 216 Å². The Hall–Kier alpha value is -3.45. The van der Waals surface area contributed by atoms with Crippen LogP contribution in [0.1, 0.15) is 66.6 Å². The number of amides is 1. The van der Waals surface area contributed by atoms with E-state index >= 15 is 0 Å². The van der Waals surface area contributed by atoms with Gasteiger partial charge in [-0.1, -0.05) is 74.5 Å². The number of hydrogen-bond acceptors (Lipinski definition) is 4. The second-order valence-electron chi connectivity index (χ2n) is 9.95. The molecule has 0 radical (unpaired) electrons. The molecule has 0 aliphatic heterocycles. The predicted molar refractivity (Wildman–Crippen MR) is 143 cm³/mol. The van der Waals surface area contributed by atoms with E-state index in [9.17, 15) is 9.18 Å². The molecule has 0 fully saturated rings. The van der Waals surface area contributed by atoms with Crippen LogP contribution in [-0.2, 0) is 11.2 Å². The average Bonchev–Trinajstić information content (AvgIpc) is 3.28. The molecule has 7 heteroatoms. The summed E-state index contributed by atoms with van der Waals surface area (Å²) in [5.74, 6) is 0.832. The van der Waals surface area contributed by atoms with E-state index in [0.29, 0.717) is 22.3 Å². The summed E-state index contributed by atoms with van der Waals surface area (Å²) in [6.07, 6.45) is 0. The van der Waals surface area contributed by atoms with Gasteiger partial charge in [0.2, 0.25) is 0 Å². The number of nitrogens with zero attached hydrogens (tertiary/aromatic N) is 3. The SMILES string of the molecule is Cc1ccc(-n2c(SCc3ccc(F)cc3)nnc2C(C)NC(=O)c2ccc(C(C)(C)C)cc2)cc1. The van der Waals surface area contributed by atoms with Gasteiger partial charge in [0.25, 0.3) is 5.91 Å². The van der Waals surface area contributed by atoms with Gasteiger partial charge < -0.3 is 5.32 Å². The molecule has 1 N–H and O–H groups in total. The van der Waals surface area contributed by atoms with E-state index in [0.717, 1.165) is 16.8 Å². The van der Waals surface area contributed by atoms with E-state index < -0.39 is 0 Å². The summed E-state index contributed by atoms with van der Waals surface area (Å²) < 4.78 is 15.3. The molecule has 5 nitrogen and oxygen atoms in total. The zero-order valence-electron chi connectivity index (χ0n) is 21.2. The number of carbonyl (C=O) groups excluding carboxylic acids is 1. The summed E-state index contributed by atoms with van der Waals surface area (Å²) in [4.78, 5) is 13.0. The van der Waals surface area contributed by atoms with E-state index in [1.165, 1.54) is 29.5 Å². The smallest absolute Gasteiger partial charge is 0.251 e. The molecule has 186 valence electrons. The van der Waals surface area contributed by atoms with Crippen molar-refractivity contribution in [1.82, 2.24) is 20.1 Å². The van der Waals surface area contributed by atoms with Crippen LogP contribution in [0.3, 0.4) is 0 Å². The van der Waals surface area contributed by atoms with E-state index in [1.54, 1.807) is 12.1 Å².